The lowest BCUT2D eigenvalue weighted by atomic mass is 10.2. The number of amides is 1. The monoisotopic (exact) mass is 473 g/mol. The van der Waals surface area contributed by atoms with Crippen molar-refractivity contribution < 1.29 is 37.8 Å². The highest BCUT2D eigenvalue weighted by Crippen LogP contribution is 2.41. The van der Waals surface area contributed by atoms with Crippen LogP contribution in [0.4, 0.5) is 5.82 Å². The number of nitrogens with one attached hydrogen (secondary N) is 1. The van der Waals surface area contributed by atoms with Gasteiger partial charge < -0.3 is 26.0 Å². The highest BCUT2D eigenvalue weighted by molar-refractivity contribution is 7.52. The molecular formula is C16H24N7O8P. The Labute approximate surface area is 182 Å². The topological polar surface area (TPSA) is 216 Å². The predicted octanol–water partition coefficient (Wildman–Crippen LogP) is -1.17. The van der Waals surface area contributed by atoms with E-state index in [1.807, 2.05) is 5.09 Å². The number of fused-ring (bicyclic) bond motifs is 1. The lowest BCUT2D eigenvalue weighted by Crippen LogP contribution is -2.41. The largest absolute Gasteiger partial charge is 0.463 e. The molecule has 1 aliphatic heterocycles. The molecule has 0 aliphatic carbocycles. The molecular weight excluding hydrogens is 449 g/mol. The van der Waals surface area contributed by atoms with Crippen molar-refractivity contribution in [1.29, 1.82) is 0 Å². The molecule has 32 heavy (non-hydrogen) atoms. The molecule has 2 aromatic rings. The first-order chi connectivity index (χ1) is 15.2. The molecule has 176 valence electrons. The second-order valence-corrected chi connectivity index (χ2v) is 8.80. The van der Waals surface area contributed by atoms with Gasteiger partial charge in [0.05, 0.1) is 24.9 Å². The Morgan fingerprint density at radius 2 is 2.09 bits per heavy atom. The molecule has 0 bridgehead atoms. The number of carbonyl (C=O) groups is 2. The maximum absolute atomic E-state index is 12.1. The Hall–Kier alpha value is -2.68. The van der Waals surface area contributed by atoms with Crippen LogP contribution in [0.15, 0.2) is 12.7 Å². The summed E-state index contributed by atoms with van der Waals surface area (Å²) < 4.78 is 33.5. The van der Waals surface area contributed by atoms with Gasteiger partial charge in [0.2, 0.25) is 5.91 Å². The first kappa shape index (κ1) is 24.0. The summed E-state index contributed by atoms with van der Waals surface area (Å²) in [7, 11) is -1.67. The van der Waals surface area contributed by atoms with E-state index in [0.29, 0.717) is 11.2 Å². The SMILES string of the molecule is COP(=O)(NC(=O)[C@@H](N)CC(=O)OC[C@H]1O[C@@H](n2cnc3c(N)ncnc32)C[C@@H]1O)OC. The lowest BCUT2D eigenvalue weighted by molar-refractivity contribution is -0.151. The number of nitrogens with zero attached hydrogens (tertiary/aromatic N) is 4. The number of rotatable bonds is 9. The van der Waals surface area contributed by atoms with Gasteiger partial charge in [0.1, 0.15) is 30.8 Å². The van der Waals surface area contributed by atoms with E-state index in [1.165, 1.54) is 12.7 Å². The lowest BCUT2D eigenvalue weighted by Gasteiger charge is -2.18. The van der Waals surface area contributed by atoms with Crippen LogP contribution < -0.4 is 16.6 Å². The third kappa shape index (κ3) is 5.20. The third-order valence-electron chi connectivity index (χ3n) is 4.76. The minimum Gasteiger partial charge on any atom is -0.463 e. The van der Waals surface area contributed by atoms with Crippen LogP contribution in [-0.2, 0) is 32.7 Å². The number of anilines is 1. The van der Waals surface area contributed by atoms with E-state index in [2.05, 4.69) is 24.0 Å². The average Bonchev–Trinajstić information content (AvgIpc) is 3.36. The Balaban J connectivity index is 1.52. The molecule has 2 aromatic heterocycles. The Bertz CT molecular complexity index is 1020. The van der Waals surface area contributed by atoms with E-state index < -0.39 is 50.5 Å². The van der Waals surface area contributed by atoms with Crippen molar-refractivity contribution in [3.8, 4) is 0 Å². The van der Waals surface area contributed by atoms with Crippen LogP contribution in [0.5, 0.6) is 0 Å². The van der Waals surface area contributed by atoms with Crippen molar-refractivity contribution in [3.63, 3.8) is 0 Å². The third-order valence-corrected chi connectivity index (χ3v) is 6.22. The molecule has 0 saturated carbocycles. The van der Waals surface area contributed by atoms with Crippen molar-refractivity contribution >= 4 is 36.6 Å². The zero-order valence-electron chi connectivity index (χ0n) is 17.3. The number of imidazole rings is 1. The second-order valence-electron chi connectivity index (χ2n) is 6.85. The number of hydrogen-bond acceptors (Lipinski definition) is 13. The number of esters is 1. The predicted molar refractivity (Wildman–Crippen MR) is 108 cm³/mol. The first-order valence-corrected chi connectivity index (χ1v) is 10.9. The molecule has 1 amide bonds. The van der Waals surface area contributed by atoms with Gasteiger partial charge >= 0.3 is 13.7 Å². The summed E-state index contributed by atoms with van der Waals surface area (Å²) >= 11 is 0. The highest BCUT2D eigenvalue weighted by Gasteiger charge is 2.37. The molecule has 3 rings (SSSR count). The number of aromatic nitrogens is 4. The zero-order valence-corrected chi connectivity index (χ0v) is 18.2. The molecule has 1 aliphatic rings. The zero-order chi connectivity index (χ0) is 23.5. The van der Waals surface area contributed by atoms with E-state index in [0.717, 1.165) is 14.2 Å². The van der Waals surface area contributed by atoms with E-state index in [-0.39, 0.29) is 18.8 Å². The molecule has 1 fully saturated rings. The average molecular weight is 473 g/mol. The van der Waals surface area contributed by atoms with Gasteiger partial charge in [-0.2, -0.15) is 0 Å². The van der Waals surface area contributed by atoms with Crippen molar-refractivity contribution in [2.75, 3.05) is 26.6 Å². The number of nitrogen functional groups attached to an aromatic ring is 1. The van der Waals surface area contributed by atoms with Crippen LogP contribution in [0.3, 0.4) is 0 Å². The van der Waals surface area contributed by atoms with E-state index in [9.17, 15) is 19.3 Å². The summed E-state index contributed by atoms with van der Waals surface area (Å²) in [6.45, 7) is -0.275. The van der Waals surface area contributed by atoms with Crippen LogP contribution >= 0.6 is 7.75 Å². The second kappa shape index (κ2) is 9.85. The fourth-order valence-electron chi connectivity index (χ4n) is 3.01. The number of aliphatic hydroxyl groups excluding tert-OH is 1. The van der Waals surface area contributed by atoms with Crippen LogP contribution in [0.2, 0.25) is 0 Å². The van der Waals surface area contributed by atoms with Gasteiger partial charge in [0, 0.05) is 20.6 Å². The van der Waals surface area contributed by atoms with E-state index >= 15 is 0 Å². The number of aliphatic hydroxyl groups is 1. The summed E-state index contributed by atoms with van der Waals surface area (Å²) in [5.41, 5.74) is 12.3. The maximum Gasteiger partial charge on any atom is 0.434 e. The molecule has 15 nitrogen and oxygen atoms in total. The van der Waals surface area contributed by atoms with Gasteiger partial charge in [0.25, 0.3) is 0 Å². The van der Waals surface area contributed by atoms with Crippen LogP contribution in [0.1, 0.15) is 19.1 Å². The summed E-state index contributed by atoms with van der Waals surface area (Å²) in [6.07, 6.45) is 0.0776. The molecule has 1 saturated heterocycles. The minimum absolute atomic E-state index is 0.197. The summed E-state index contributed by atoms with van der Waals surface area (Å²) in [5.74, 6) is -1.52. The van der Waals surface area contributed by atoms with Crippen LogP contribution in [-0.4, -0.2) is 75.6 Å². The van der Waals surface area contributed by atoms with Gasteiger partial charge in [-0.25, -0.2) is 19.5 Å². The van der Waals surface area contributed by atoms with Crippen LogP contribution in [0, 0.1) is 0 Å². The standard InChI is InChI=1S/C16H24N7O8P/c1-28-32(27,29-2)22-16(26)8(17)3-12(25)30-5-10-9(24)4-11(31-10)23-7-21-13-14(18)19-6-20-15(13)23/h6-11,24H,3-5,17H2,1-2H3,(H2,18,19,20)(H,22,26,27)/t8-,9-,10+,11+/m0/s1. The normalized spacial score (nSPS) is 22.1. The van der Waals surface area contributed by atoms with Gasteiger partial charge in [-0.3, -0.25) is 28.3 Å². The summed E-state index contributed by atoms with van der Waals surface area (Å²) in [5, 5.41) is 12.3. The number of carbonyl (C=O) groups excluding carboxylic acids is 2. The fraction of sp³-hybridized carbons (Fsp3) is 0.562. The van der Waals surface area contributed by atoms with Crippen molar-refractivity contribution in [3.05, 3.63) is 12.7 Å². The number of nitrogens with two attached hydrogens (primary N) is 2. The molecule has 16 heteroatoms. The molecule has 0 unspecified atom stereocenters. The van der Waals surface area contributed by atoms with Crippen molar-refractivity contribution in [2.24, 2.45) is 5.73 Å². The Morgan fingerprint density at radius 3 is 2.78 bits per heavy atom. The molecule has 6 N–H and O–H groups in total. The minimum atomic E-state index is -3.84. The fourth-order valence-corrected chi connectivity index (χ4v) is 3.77. The van der Waals surface area contributed by atoms with E-state index in [1.54, 1.807) is 4.57 Å². The van der Waals surface area contributed by atoms with Gasteiger partial charge in [-0.15, -0.1) is 0 Å². The summed E-state index contributed by atoms with van der Waals surface area (Å²) in [4.78, 5) is 36.2. The molecule has 0 spiro atoms. The Kier molecular flexibility index (Phi) is 7.38. The van der Waals surface area contributed by atoms with Crippen molar-refractivity contribution in [1.82, 2.24) is 24.6 Å². The quantitative estimate of drug-likeness (QED) is 0.250. The molecule has 0 aromatic carbocycles. The van der Waals surface area contributed by atoms with Crippen molar-refractivity contribution in [2.45, 2.75) is 37.3 Å². The highest BCUT2D eigenvalue weighted by atomic mass is 31.2. The van der Waals surface area contributed by atoms with Gasteiger partial charge in [-0.05, 0) is 0 Å². The molecule has 4 atom stereocenters. The Morgan fingerprint density at radius 1 is 1.38 bits per heavy atom. The van der Waals surface area contributed by atoms with Crippen LogP contribution in [0.25, 0.3) is 11.2 Å². The van der Waals surface area contributed by atoms with Gasteiger partial charge in [-0.1, -0.05) is 0 Å². The smallest absolute Gasteiger partial charge is 0.434 e. The van der Waals surface area contributed by atoms with E-state index in [4.69, 9.17) is 20.9 Å². The first-order valence-electron chi connectivity index (χ1n) is 9.38. The number of hydrogen-bond donors (Lipinski definition) is 4. The summed E-state index contributed by atoms with van der Waals surface area (Å²) in [6, 6.07) is -1.36. The molecule has 3 heterocycles. The van der Waals surface area contributed by atoms with Gasteiger partial charge in [0.15, 0.2) is 11.5 Å². The maximum atomic E-state index is 12.1. The molecule has 0 radical (unpaired) electrons. The number of ether oxygens (including phenoxy) is 2.